The van der Waals surface area contributed by atoms with E-state index in [2.05, 4.69) is 15.6 Å². The van der Waals surface area contributed by atoms with Gasteiger partial charge < -0.3 is 10.6 Å². The molecule has 1 aromatic rings. The van der Waals surface area contributed by atoms with Crippen molar-refractivity contribution in [3.63, 3.8) is 0 Å². The summed E-state index contributed by atoms with van der Waals surface area (Å²) in [5.41, 5.74) is 1.07. The largest absolute Gasteiger partial charge is 0.357 e. The predicted molar refractivity (Wildman–Crippen MR) is 104 cm³/mol. The fraction of sp³-hybridized carbons (Fsp3) is 0.500. The number of sulfone groups is 1. The fourth-order valence-electron chi connectivity index (χ4n) is 1.68. The SMILES string of the molecule is CCNC(=NCCS(C)(=O)=O)NCCc1ccccc1Cl.I. The van der Waals surface area contributed by atoms with Crippen molar-refractivity contribution in [2.24, 2.45) is 4.99 Å². The van der Waals surface area contributed by atoms with Crippen LogP contribution < -0.4 is 10.6 Å². The van der Waals surface area contributed by atoms with Gasteiger partial charge in [0.2, 0.25) is 0 Å². The molecule has 0 atom stereocenters. The Labute approximate surface area is 154 Å². The summed E-state index contributed by atoms with van der Waals surface area (Å²) >= 11 is 6.09. The molecule has 8 heteroatoms. The number of halogens is 2. The fourth-order valence-corrected chi connectivity index (χ4v) is 2.33. The van der Waals surface area contributed by atoms with Crippen LogP contribution in [0.25, 0.3) is 0 Å². The van der Waals surface area contributed by atoms with Gasteiger partial charge in [-0.3, -0.25) is 4.99 Å². The Balaban J connectivity index is 0.00000441. The maximum atomic E-state index is 11.1. The van der Waals surface area contributed by atoms with Gasteiger partial charge in [0.25, 0.3) is 0 Å². The number of aliphatic imine (C=N–C) groups is 1. The van der Waals surface area contributed by atoms with Crippen molar-refractivity contribution in [3.05, 3.63) is 34.9 Å². The van der Waals surface area contributed by atoms with Gasteiger partial charge in [-0.2, -0.15) is 0 Å². The van der Waals surface area contributed by atoms with E-state index in [1.165, 1.54) is 6.26 Å². The topological polar surface area (TPSA) is 70.6 Å². The molecule has 0 aliphatic heterocycles. The molecule has 0 fully saturated rings. The second kappa shape index (κ2) is 11.1. The number of hydrogen-bond acceptors (Lipinski definition) is 3. The van der Waals surface area contributed by atoms with E-state index in [1.807, 2.05) is 31.2 Å². The lowest BCUT2D eigenvalue weighted by Crippen LogP contribution is -2.38. The molecule has 0 heterocycles. The zero-order valence-corrected chi connectivity index (χ0v) is 16.7. The highest BCUT2D eigenvalue weighted by molar-refractivity contribution is 14.0. The first-order valence-electron chi connectivity index (χ1n) is 6.85. The van der Waals surface area contributed by atoms with Crippen molar-refractivity contribution in [2.45, 2.75) is 13.3 Å². The quantitative estimate of drug-likeness (QED) is 0.372. The lowest BCUT2D eigenvalue weighted by atomic mass is 10.1. The second-order valence-electron chi connectivity index (χ2n) is 4.66. The standard InChI is InChI=1S/C14H22ClN3O2S.HI/c1-3-16-14(18-10-11-21(2,19)20)17-9-8-12-6-4-5-7-13(12)15;/h4-7H,3,8-11H2,1-2H3,(H2,16,17,18);1H. The van der Waals surface area contributed by atoms with Crippen LogP contribution in [0, 0.1) is 0 Å². The molecule has 0 spiro atoms. The summed E-state index contributed by atoms with van der Waals surface area (Å²) in [6, 6.07) is 7.70. The molecule has 1 rings (SSSR count). The van der Waals surface area contributed by atoms with Crippen molar-refractivity contribution in [1.82, 2.24) is 10.6 Å². The van der Waals surface area contributed by atoms with Gasteiger partial charge in [-0.15, -0.1) is 24.0 Å². The lowest BCUT2D eigenvalue weighted by Gasteiger charge is -2.11. The molecule has 5 nitrogen and oxygen atoms in total. The Morgan fingerprint density at radius 2 is 1.95 bits per heavy atom. The Hall–Kier alpha value is -0.540. The highest BCUT2D eigenvalue weighted by Gasteiger charge is 2.03. The zero-order chi connectivity index (χ0) is 15.7. The van der Waals surface area contributed by atoms with Crippen LogP contribution in [0.3, 0.4) is 0 Å². The maximum absolute atomic E-state index is 11.1. The summed E-state index contributed by atoms with van der Waals surface area (Å²) in [5.74, 6) is 0.668. The summed E-state index contributed by atoms with van der Waals surface area (Å²) in [7, 11) is -2.98. The first kappa shape index (κ1) is 21.5. The highest BCUT2D eigenvalue weighted by Crippen LogP contribution is 2.14. The number of hydrogen-bond donors (Lipinski definition) is 2. The third kappa shape index (κ3) is 9.47. The predicted octanol–water partition coefficient (Wildman–Crippen LogP) is 2.10. The Bertz CT molecular complexity index is 579. The summed E-state index contributed by atoms with van der Waals surface area (Å²) in [5, 5.41) is 7.00. The van der Waals surface area contributed by atoms with Crippen LogP contribution in [-0.4, -0.2) is 46.0 Å². The van der Waals surface area contributed by atoms with E-state index in [0.717, 1.165) is 23.6 Å². The Kier molecular flexibility index (Phi) is 10.8. The number of guanidine groups is 1. The number of nitrogens with zero attached hydrogens (tertiary/aromatic N) is 1. The van der Waals surface area contributed by atoms with Gasteiger partial charge in [-0.05, 0) is 25.0 Å². The summed E-state index contributed by atoms with van der Waals surface area (Å²) in [4.78, 5) is 4.23. The van der Waals surface area contributed by atoms with Gasteiger partial charge >= 0.3 is 0 Å². The average Bonchev–Trinajstić information content (AvgIpc) is 2.39. The number of nitrogens with one attached hydrogen (secondary N) is 2. The van der Waals surface area contributed by atoms with Crippen LogP contribution in [-0.2, 0) is 16.3 Å². The monoisotopic (exact) mass is 459 g/mol. The van der Waals surface area contributed by atoms with E-state index in [-0.39, 0.29) is 36.3 Å². The van der Waals surface area contributed by atoms with Gasteiger partial charge in [0, 0.05) is 24.4 Å². The van der Waals surface area contributed by atoms with Crippen LogP contribution in [0.4, 0.5) is 0 Å². The molecule has 0 radical (unpaired) electrons. The summed E-state index contributed by atoms with van der Waals surface area (Å²) in [6.45, 7) is 3.60. The van der Waals surface area contributed by atoms with Gasteiger partial charge in [0.15, 0.2) is 5.96 Å². The molecule has 2 N–H and O–H groups in total. The molecule has 0 aliphatic carbocycles. The normalized spacial score (nSPS) is 11.7. The first-order chi connectivity index (χ1) is 9.92. The average molecular weight is 460 g/mol. The molecule has 1 aromatic carbocycles. The highest BCUT2D eigenvalue weighted by atomic mass is 127. The molecular formula is C14H23ClIN3O2S. The molecule has 0 saturated heterocycles. The van der Waals surface area contributed by atoms with Crippen molar-refractivity contribution in [2.75, 3.05) is 31.6 Å². The number of rotatable bonds is 7. The van der Waals surface area contributed by atoms with E-state index >= 15 is 0 Å². The van der Waals surface area contributed by atoms with Gasteiger partial charge in [0.05, 0.1) is 12.3 Å². The Morgan fingerprint density at radius 3 is 2.55 bits per heavy atom. The van der Waals surface area contributed by atoms with Crippen LogP contribution in [0.1, 0.15) is 12.5 Å². The minimum atomic E-state index is -2.98. The summed E-state index contributed by atoms with van der Waals surface area (Å²) in [6.07, 6.45) is 1.98. The maximum Gasteiger partial charge on any atom is 0.191 e. The van der Waals surface area contributed by atoms with Crippen molar-refractivity contribution in [1.29, 1.82) is 0 Å². The second-order valence-corrected chi connectivity index (χ2v) is 7.33. The van der Waals surface area contributed by atoms with E-state index in [1.54, 1.807) is 0 Å². The van der Waals surface area contributed by atoms with E-state index in [0.29, 0.717) is 12.5 Å². The van der Waals surface area contributed by atoms with Crippen LogP contribution in [0.2, 0.25) is 5.02 Å². The lowest BCUT2D eigenvalue weighted by molar-refractivity contribution is 0.601. The van der Waals surface area contributed by atoms with E-state index in [9.17, 15) is 8.42 Å². The van der Waals surface area contributed by atoms with Crippen LogP contribution in [0.5, 0.6) is 0 Å². The van der Waals surface area contributed by atoms with Crippen molar-refractivity contribution >= 4 is 51.4 Å². The summed E-state index contributed by atoms with van der Waals surface area (Å²) < 4.78 is 22.2. The molecule has 0 aliphatic rings. The molecule has 0 bridgehead atoms. The first-order valence-corrected chi connectivity index (χ1v) is 9.29. The van der Waals surface area contributed by atoms with Crippen LogP contribution in [0.15, 0.2) is 29.3 Å². The molecule has 0 unspecified atom stereocenters. The van der Waals surface area contributed by atoms with E-state index in [4.69, 9.17) is 11.6 Å². The van der Waals surface area contributed by atoms with Gasteiger partial charge in [-0.25, -0.2) is 8.42 Å². The molecule has 0 aromatic heterocycles. The molecule has 126 valence electrons. The van der Waals surface area contributed by atoms with E-state index < -0.39 is 9.84 Å². The van der Waals surface area contributed by atoms with Crippen molar-refractivity contribution in [3.8, 4) is 0 Å². The molecule has 22 heavy (non-hydrogen) atoms. The van der Waals surface area contributed by atoms with Crippen molar-refractivity contribution < 1.29 is 8.42 Å². The van der Waals surface area contributed by atoms with Gasteiger partial charge in [-0.1, -0.05) is 29.8 Å². The third-order valence-corrected chi connectivity index (χ3v) is 4.01. The smallest absolute Gasteiger partial charge is 0.191 e. The zero-order valence-electron chi connectivity index (χ0n) is 12.8. The van der Waals surface area contributed by atoms with Crippen LogP contribution >= 0.6 is 35.6 Å². The molecule has 0 saturated carbocycles. The number of benzene rings is 1. The van der Waals surface area contributed by atoms with Gasteiger partial charge in [0.1, 0.15) is 9.84 Å². The third-order valence-electron chi connectivity index (χ3n) is 2.72. The molecule has 0 amide bonds. The minimum absolute atomic E-state index is 0. The molecular weight excluding hydrogens is 437 g/mol. The minimum Gasteiger partial charge on any atom is -0.357 e. The Morgan fingerprint density at radius 1 is 1.27 bits per heavy atom.